The molecule has 4 amide bonds. The van der Waals surface area contributed by atoms with E-state index in [-0.39, 0.29) is 12.8 Å². The van der Waals surface area contributed by atoms with E-state index in [9.17, 15) is 33.9 Å². The van der Waals surface area contributed by atoms with Gasteiger partial charge in [0.2, 0.25) is 23.6 Å². The summed E-state index contributed by atoms with van der Waals surface area (Å²) in [6, 6.07) is -5.51. The molecule has 0 radical (unpaired) electrons. The first kappa shape index (κ1) is 31.1. The number of thioether (sulfide) groups is 1. The van der Waals surface area contributed by atoms with Crippen LogP contribution >= 0.6 is 11.8 Å². The van der Waals surface area contributed by atoms with Gasteiger partial charge in [0.25, 0.3) is 0 Å². The molecule has 0 saturated carbocycles. The Kier molecular flexibility index (Phi) is 15.2. The van der Waals surface area contributed by atoms with Crippen LogP contribution in [0.5, 0.6) is 0 Å². The number of rotatable bonds is 18. The predicted octanol–water partition coefficient (Wildman–Crippen LogP) is -2.92. The van der Waals surface area contributed by atoms with Crippen molar-refractivity contribution in [3.05, 3.63) is 0 Å². The average Bonchev–Trinajstić information content (AvgIpc) is 2.74. The summed E-state index contributed by atoms with van der Waals surface area (Å²) in [6.45, 7) is 0.411. The highest BCUT2D eigenvalue weighted by atomic mass is 32.2. The maximum absolute atomic E-state index is 12.7. The van der Waals surface area contributed by atoms with Gasteiger partial charge in [0, 0.05) is 0 Å². The Hall–Kier alpha value is -2.91. The van der Waals surface area contributed by atoms with Crippen molar-refractivity contribution in [3.8, 4) is 0 Å². The number of amides is 4. The first-order valence-corrected chi connectivity index (χ1v) is 11.9. The number of nitrogens with one attached hydrogen (secondary N) is 3. The Labute approximate surface area is 201 Å². The highest BCUT2D eigenvalue weighted by Gasteiger charge is 2.32. The molecule has 14 nitrogen and oxygen atoms in total. The van der Waals surface area contributed by atoms with Gasteiger partial charge >= 0.3 is 11.9 Å². The summed E-state index contributed by atoms with van der Waals surface area (Å²) in [6.07, 6.45) is 1.75. The number of unbranched alkanes of at least 4 members (excludes halogenated alkanes) is 1. The Bertz CT molecular complexity index is 738. The van der Waals surface area contributed by atoms with E-state index in [1.807, 2.05) is 0 Å². The van der Waals surface area contributed by atoms with Crippen molar-refractivity contribution in [2.45, 2.75) is 62.7 Å². The SMILES string of the molecule is CSCCC(NC(=O)C(CC(=O)O)NC(=O)C(CC(N)=O)NC(=O)C(N)CCCCN)C(=O)O. The summed E-state index contributed by atoms with van der Waals surface area (Å²) in [5.74, 6) is -6.17. The number of carbonyl (C=O) groups is 6. The second kappa shape index (κ2) is 16.7. The van der Waals surface area contributed by atoms with E-state index in [0.717, 1.165) is 0 Å². The van der Waals surface area contributed by atoms with E-state index in [1.54, 1.807) is 6.26 Å². The average molecular weight is 507 g/mol. The van der Waals surface area contributed by atoms with Gasteiger partial charge in [-0.2, -0.15) is 11.8 Å². The van der Waals surface area contributed by atoms with Gasteiger partial charge in [-0.3, -0.25) is 24.0 Å². The lowest BCUT2D eigenvalue weighted by Gasteiger charge is -2.24. The summed E-state index contributed by atoms with van der Waals surface area (Å²) < 4.78 is 0. The number of aliphatic carboxylic acids is 2. The lowest BCUT2D eigenvalue weighted by atomic mass is 10.1. The number of hydrogen-bond acceptors (Lipinski definition) is 9. The molecule has 0 fully saturated rings. The first-order chi connectivity index (χ1) is 15.9. The molecule has 0 aromatic rings. The third kappa shape index (κ3) is 13.0. The summed E-state index contributed by atoms with van der Waals surface area (Å²) >= 11 is 1.35. The van der Waals surface area contributed by atoms with Gasteiger partial charge in [-0.05, 0) is 37.8 Å². The standard InChI is InChI=1S/C19H34N6O8S/c1-34-7-5-11(19(32)33)23-18(31)13(9-15(27)28)25-17(30)12(8-14(22)26)24-16(29)10(21)4-2-3-6-20/h10-13H,2-9,20-21H2,1H3,(H2,22,26)(H,23,31)(H,24,29)(H,25,30)(H,27,28)(H,32,33). The van der Waals surface area contributed by atoms with E-state index in [4.69, 9.17) is 22.3 Å². The third-order valence-corrected chi connectivity index (χ3v) is 5.23. The molecular formula is C19H34N6O8S. The highest BCUT2D eigenvalue weighted by Crippen LogP contribution is 2.05. The van der Waals surface area contributed by atoms with Crippen LogP contribution in [-0.4, -0.2) is 88.5 Å². The molecule has 34 heavy (non-hydrogen) atoms. The van der Waals surface area contributed by atoms with Gasteiger partial charge in [0.15, 0.2) is 0 Å². The van der Waals surface area contributed by atoms with Crippen molar-refractivity contribution >= 4 is 47.3 Å². The van der Waals surface area contributed by atoms with Crippen LogP contribution in [0.3, 0.4) is 0 Å². The molecule has 0 heterocycles. The van der Waals surface area contributed by atoms with Crippen molar-refractivity contribution in [1.82, 2.24) is 16.0 Å². The maximum atomic E-state index is 12.7. The zero-order chi connectivity index (χ0) is 26.3. The number of hydrogen-bond donors (Lipinski definition) is 8. The van der Waals surface area contributed by atoms with Crippen molar-refractivity contribution in [1.29, 1.82) is 0 Å². The Balaban J connectivity index is 5.43. The van der Waals surface area contributed by atoms with E-state index in [2.05, 4.69) is 16.0 Å². The van der Waals surface area contributed by atoms with Crippen LogP contribution in [0.25, 0.3) is 0 Å². The van der Waals surface area contributed by atoms with Crippen LogP contribution in [0.4, 0.5) is 0 Å². The van der Waals surface area contributed by atoms with Crippen molar-refractivity contribution in [3.63, 3.8) is 0 Å². The molecule has 0 rings (SSSR count). The van der Waals surface area contributed by atoms with E-state index < -0.39 is 72.6 Å². The molecule has 0 aliphatic carbocycles. The van der Waals surface area contributed by atoms with E-state index in [0.29, 0.717) is 25.1 Å². The number of carbonyl (C=O) groups excluding carboxylic acids is 4. The monoisotopic (exact) mass is 506 g/mol. The van der Waals surface area contributed by atoms with Gasteiger partial charge in [-0.25, -0.2) is 4.79 Å². The fourth-order valence-electron chi connectivity index (χ4n) is 2.75. The summed E-state index contributed by atoms with van der Waals surface area (Å²) in [7, 11) is 0. The van der Waals surface area contributed by atoms with Gasteiger partial charge in [0.1, 0.15) is 18.1 Å². The Morgan fingerprint density at radius 1 is 0.824 bits per heavy atom. The minimum absolute atomic E-state index is 0.0678. The van der Waals surface area contributed by atoms with Gasteiger partial charge in [0.05, 0.1) is 18.9 Å². The molecule has 15 heteroatoms. The fourth-order valence-corrected chi connectivity index (χ4v) is 3.22. The van der Waals surface area contributed by atoms with Gasteiger partial charge in [-0.1, -0.05) is 6.42 Å². The van der Waals surface area contributed by atoms with Crippen molar-refractivity contribution < 1.29 is 39.0 Å². The zero-order valence-electron chi connectivity index (χ0n) is 19.0. The Morgan fingerprint density at radius 3 is 1.82 bits per heavy atom. The molecule has 0 spiro atoms. The van der Waals surface area contributed by atoms with Crippen LogP contribution in [0.15, 0.2) is 0 Å². The highest BCUT2D eigenvalue weighted by molar-refractivity contribution is 7.98. The molecular weight excluding hydrogens is 472 g/mol. The topological polar surface area (TPSA) is 257 Å². The van der Waals surface area contributed by atoms with Crippen LogP contribution in [0.2, 0.25) is 0 Å². The first-order valence-electron chi connectivity index (χ1n) is 10.5. The number of primary amides is 1. The summed E-state index contributed by atoms with van der Waals surface area (Å²) in [5.41, 5.74) is 16.3. The molecule has 0 aliphatic heterocycles. The molecule has 194 valence electrons. The Morgan fingerprint density at radius 2 is 1.35 bits per heavy atom. The number of carboxylic acid groups (broad SMARTS) is 2. The second-order valence-corrected chi connectivity index (χ2v) is 8.45. The number of carboxylic acids is 2. The molecule has 11 N–H and O–H groups in total. The lowest BCUT2D eigenvalue weighted by molar-refractivity contribution is -0.144. The quantitative estimate of drug-likeness (QED) is 0.0873. The van der Waals surface area contributed by atoms with Crippen LogP contribution < -0.4 is 33.2 Å². The zero-order valence-corrected chi connectivity index (χ0v) is 19.8. The van der Waals surface area contributed by atoms with Crippen LogP contribution in [0, 0.1) is 0 Å². The van der Waals surface area contributed by atoms with Crippen molar-refractivity contribution in [2.24, 2.45) is 17.2 Å². The van der Waals surface area contributed by atoms with E-state index >= 15 is 0 Å². The molecule has 0 aliphatic rings. The van der Waals surface area contributed by atoms with Gasteiger partial charge < -0.3 is 43.4 Å². The smallest absolute Gasteiger partial charge is 0.326 e. The normalized spacial score (nSPS) is 14.2. The molecule has 0 aromatic carbocycles. The molecule has 4 unspecified atom stereocenters. The second-order valence-electron chi connectivity index (χ2n) is 7.46. The molecule has 4 atom stereocenters. The van der Waals surface area contributed by atoms with E-state index in [1.165, 1.54) is 11.8 Å². The number of nitrogens with two attached hydrogens (primary N) is 3. The third-order valence-electron chi connectivity index (χ3n) is 4.58. The van der Waals surface area contributed by atoms with Crippen LogP contribution in [0.1, 0.15) is 38.5 Å². The minimum Gasteiger partial charge on any atom is -0.481 e. The fraction of sp³-hybridized carbons (Fsp3) is 0.684. The predicted molar refractivity (Wildman–Crippen MR) is 123 cm³/mol. The van der Waals surface area contributed by atoms with Gasteiger partial charge in [-0.15, -0.1) is 0 Å². The van der Waals surface area contributed by atoms with Crippen LogP contribution in [-0.2, 0) is 28.8 Å². The van der Waals surface area contributed by atoms with Crippen molar-refractivity contribution in [2.75, 3.05) is 18.6 Å². The molecule has 0 bridgehead atoms. The summed E-state index contributed by atoms with van der Waals surface area (Å²) in [4.78, 5) is 71.5. The lowest BCUT2D eigenvalue weighted by Crippen LogP contribution is -2.58. The largest absolute Gasteiger partial charge is 0.481 e. The minimum atomic E-state index is -1.67. The molecule has 0 saturated heterocycles. The summed E-state index contributed by atoms with van der Waals surface area (Å²) in [5, 5.41) is 25.0. The molecule has 0 aromatic heterocycles. The maximum Gasteiger partial charge on any atom is 0.326 e.